The molecule has 0 unspecified atom stereocenters. The molecule has 1 aromatic carbocycles. The average molecular weight is 409 g/mol. The number of hydrogen-bond acceptors (Lipinski definition) is 4. The second-order valence-corrected chi connectivity index (χ2v) is 7.49. The average Bonchev–Trinajstić information content (AvgIpc) is 2.91. The molecule has 1 N–H and O–H groups in total. The third-order valence-corrected chi connectivity index (χ3v) is 5.64. The summed E-state index contributed by atoms with van der Waals surface area (Å²) < 4.78 is 28.9. The predicted octanol–water partition coefficient (Wildman–Crippen LogP) is 2.85. The summed E-state index contributed by atoms with van der Waals surface area (Å²) in [6, 6.07) is 4.98. The number of amides is 4. The molecule has 0 saturated carbocycles. The molecular formula is C20H25F2N3O4. The predicted molar refractivity (Wildman–Crippen MR) is 100 cm³/mol. The van der Waals surface area contributed by atoms with E-state index in [-0.39, 0.29) is 24.2 Å². The lowest BCUT2D eigenvalue weighted by Gasteiger charge is -2.36. The maximum Gasteiger partial charge on any atom is 0.387 e. The summed E-state index contributed by atoms with van der Waals surface area (Å²) in [5.41, 5.74) is -0.968. The van der Waals surface area contributed by atoms with Crippen molar-refractivity contribution in [3.63, 3.8) is 0 Å². The van der Waals surface area contributed by atoms with Gasteiger partial charge in [0.15, 0.2) is 0 Å². The zero-order chi connectivity index (χ0) is 21.2. The van der Waals surface area contributed by atoms with Crippen molar-refractivity contribution < 1.29 is 27.9 Å². The van der Waals surface area contributed by atoms with Crippen LogP contribution in [0.4, 0.5) is 13.6 Å². The highest BCUT2D eigenvalue weighted by atomic mass is 19.3. The first kappa shape index (κ1) is 21.0. The first-order valence-electron chi connectivity index (χ1n) is 9.75. The Morgan fingerprint density at radius 3 is 2.59 bits per heavy atom. The van der Waals surface area contributed by atoms with Gasteiger partial charge in [0.05, 0.1) is 0 Å². The van der Waals surface area contributed by atoms with Crippen LogP contribution in [-0.2, 0) is 15.1 Å². The number of carbonyl (C=O) groups excluding carboxylic acids is 3. The van der Waals surface area contributed by atoms with Crippen LogP contribution in [0.2, 0.25) is 0 Å². The van der Waals surface area contributed by atoms with Gasteiger partial charge in [-0.2, -0.15) is 8.78 Å². The molecule has 2 aliphatic heterocycles. The van der Waals surface area contributed by atoms with E-state index in [1.807, 2.05) is 6.92 Å². The molecular weight excluding hydrogens is 384 g/mol. The smallest absolute Gasteiger partial charge is 0.387 e. The highest BCUT2D eigenvalue weighted by Crippen LogP contribution is 2.30. The van der Waals surface area contributed by atoms with E-state index >= 15 is 0 Å². The maximum atomic E-state index is 13.0. The standard InChI is InChI=1S/C20H25F2N3O4/c1-3-14-6-4-5-11-24(14)16(26)12-25-17(27)20(2,23-19(25)28)13-7-9-15(10-8-13)29-18(21)22/h7-10,14,18H,3-6,11-12H2,1-2H3,(H,23,28)/t14-,20-/m0/s1. The molecule has 2 saturated heterocycles. The minimum Gasteiger partial charge on any atom is -0.435 e. The lowest BCUT2D eigenvalue weighted by Crippen LogP contribution is -2.49. The van der Waals surface area contributed by atoms with E-state index in [0.717, 1.165) is 30.6 Å². The number of halogens is 2. The molecule has 2 atom stereocenters. The van der Waals surface area contributed by atoms with Gasteiger partial charge in [0.25, 0.3) is 5.91 Å². The van der Waals surface area contributed by atoms with Gasteiger partial charge in [-0.15, -0.1) is 0 Å². The number of urea groups is 1. The number of piperidine rings is 1. The summed E-state index contributed by atoms with van der Waals surface area (Å²) in [6.45, 7) is 0.902. The number of hydrogen-bond donors (Lipinski definition) is 1. The van der Waals surface area contributed by atoms with Crippen LogP contribution in [0.25, 0.3) is 0 Å². The number of alkyl halides is 2. The molecule has 2 heterocycles. The fraction of sp³-hybridized carbons (Fsp3) is 0.550. The highest BCUT2D eigenvalue weighted by molar-refractivity contribution is 6.09. The molecule has 0 spiro atoms. The summed E-state index contributed by atoms with van der Waals surface area (Å²) in [7, 11) is 0. The van der Waals surface area contributed by atoms with Crippen LogP contribution in [0.1, 0.15) is 45.1 Å². The number of rotatable bonds is 6. The quantitative estimate of drug-likeness (QED) is 0.733. The van der Waals surface area contributed by atoms with Crippen molar-refractivity contribution in [3.8, 4) is 5.75 Å². The monoisotopic (exact) mass is 409 g/mol. The van der Waals surface area contributed by atoms with Crippen LogP contribution >= 0.6 is 0 Å². The molecule has 2 aliphatic rings. The SMILES string of the molecule is CC[C@H]1CCCCN1C(=O)CN1C(=O)N[C@@](C)(c2ccc(OC(F)F)cc2)C1=O. The molecule has 0 bridgehead atoms. The largest absolute Gasteiger partial charge is 0.435 e. The van der Waals surface area contributed by atoms with Crippen LogP contribution < -0.4 is 10.1 Å². The molecule has 1 aromatic rings. The fourth-order valence-electron chi connectivity index (χ4n) is 3.99. The van der Waals surface area contributed by atoms with Crippen LogP contribution in [0.3, 0.4) is 0 Å². The summed E-state index contributed by atoms with van der Waals surface area (Å²) in [6.07, 6.45) is 3.73. The van der Waals surface area contributed by atoms with E-state index in [2.05, 4.69) is 10.1 Å². The van der Waals surface area contributed by atoms with Crippen LogP contribution in [0.15, 0.2) is 24.3 Å². The molecule has 0 radical (unpaired) electrons. The number of likely N-dealkylation sites (tertiary alicyclic amines) is 1. The topological polar surface area (TPSA) is 79.0 Å². The molecule has 4 amide bonds. The van der Waals surface area contributed by atoms with Crippen LogP contribution in [0.5, 0.6) is 5.75 Å². The zero-order valence-electron chi connectivity index (χ0n) is 16.5. The van der Waals surface area contributed by atoms with Crippen molar-refractivity contribution in [3.05, 3.63) is 29.8 Å². The van der Waals surface area contributed by atoms with Crippen molar-refractivity contribution in [2.45, 2.75) is 57.7 Å². The Labute approximate surface area is 168 Å². The van der Waals surface area contributed by atoms with Crippen molar-refractivity contribution >= 4 is 17.8 Å². The van der Waals surface area contributed by atoms with Gasteiger partial charge in [0, 0.05) is 12.6 Å². The van der Waals surface area contributed by atoms with Gasteiger partial charge in [-0.25, -0.2) is 4.79 Å². The number of nitrogens with one attached hydrogen (secondary N) is 1. The van der Waals surface area contributed by atoms with Crippen LogP contribution in [0, 0.1) is 0 Å². The number of ether oxygens (including phenoxy) is 1. The van der Waals surface area contributed by atoms with E-state index in [1.54, 1.807) is 4.90 Å². The summed E-state index contributed by atoms with van der Waals surface area (Å²) >= 11 is 0. The van der Waals surface area contributed by atoms with Gasteiger partial charge in [-0.3, -0.25) is 14.5 Å². The Morgan fingerprint density at radius 2 is 1.97 bits per heavy atom. The number of imide groups is 1. The minimum atomic E-state index is -2.95. The van der Waals surface area contributed by atoms with Gasteiger partial charge >= 0.3 is 12.6 Å². The van der Waals surface area contributed by atoms with Crippen molar-refractivity contribution in [2.24, 2.45) is 0 Å². The van der Waals surface area contributed by atoms with E-state index in [0.29, 0.717) is 12.1 Å². The Morgan fingerprint density at radius 1 is 1.28 bits per heavy atom. The zero-order valence-corrected chi connectivity index (χ0v) is 16.5. The second kappa shape index (κ2) is 8.34. The number of carbonyl (C=O) groups is 3. The van der Waals surface area contributed by atoms with Gasteiger partial charge < -0.3 is 15.0 Å². The summed E-state index contributed by atoms with van der Waals surface area (Å²) in [4.78, 5) is 40.9. The summed E-state index contributed by atoms with van der Waals surface area (Å²) in [5.74, 6) is -0.847. The number of nitrogens with zero attached hydrogens (tertiary/aromatic N) is 2. The summed E-state index contributed by atoms with van der Waals surface area (Å²) in [5, 5.41) is 2.62. The lowest BCUT2D eigenvalue weighted by atomic mass is 9.92. The van der Waals surface area contributed by atoms with E-state index in [1.165, 1.54) is 31.2 Å². The van der Waals surface area contributed by atoms with Gasteiger partial charge in [-0.05, 0) is 50.3 Å². The molecule has 158 valence electrons. The normalized spacial score (nSPS) is 24.8. The van der Waals surface area contributed by atoms with Crippen molar-refractivity contribution in [1.82, 2.24) is 15.1 Å². The third kappa shape index (κ3) is 4.18. The third-order valence-electron chi connectivity index (χ3n) is 5.64. The first-order chi connectivity index (χ1) is 13.8. The van der Waals surface area contributed by atoms with Crippen molar-refractivity contribution in [1.29, 1.82) is 0 Å². The highest BCUT2D eigenvalue weighted by Gasteiger charge is 2.50. The molecule has 29 heavy (non-hydrogen) atoms. The van der Waals surface area contributed by atoms with Crippen LogP contribution in [-0.4, -0.2) is 53.4 Å². The van der Waals surface area contributed by atoms with Gasteiger partial charge in [0.2, 0.25) is 5.91 Å². The Kier molecular flexibility index (Phi) is 6.04. The Balaban J connectivity index is 1.74. The van der Waals surface area contributed by atoms with Crippen molar-refractivity contribution in [2.75, 3.05) is 13.1 Å². The molecule has 9 heteroatoms. The molecule has 7 nitrogen and oxygen atoms in total. The lowest BCUT2D eigenvalue weighted by molar-refractivity contribution is -0.141. The van der Waals surface area contributed by atoms with E-state index in [9.17, 15) is 23.2 Å². The Hall–Kier alpha value is -2.71. The minimum absolute atomic E-state index is 0.0492. The van der Waals surface area contributed by atoms with E-state index in [4.69, 9.17) is 0 Å². The first-order valence-corrected chi connectivity index (χ1v) is 9.75. The number of benzene rings is 1. The second-order valence-electron chi connectivity index (χ2n) is 7.49. The molecule has 2 fully saturated rings. The van der Waals surface area contributed by atoms with Gasteiger partial charge in [-0.1, -0.05) is 19.1 Å². The molecule has 0 aliphatic carbocycles. The van der Waals surface area contributed by atoms with Gasteiger partial charge in [0.1, 0.15) is 17.8 Å². The molecule has 0 aromatic heterocycles. The Bertz CT molecular complexity index is 786. The fourth-order valence-corrected chi connectivity index (χ4v) is 3.99. The maximum absolute atomic E-state index is 13.0. The van der Waals surface area contributed by atoms with E-state index < -0.39 is 24.1 Å². The molecule has 3 rings (SSSR count).